The van der Waals surface area contributed by atoms with Crippen LogP contribution in [0.1, 0.15) is 114 Å². The molecule has 0 N–H and O–H groups in total. The van der Waals surface area contributed by atoms with Gasteiger partial charge in [-0.05, 0) is 140 Å². The van der Waals surface area contributed by atoms with Gasteiger partial charge in [-0.25, -0.2) is 9.59 Å². The van der Waals surface area contributed by atoms with E-state index in [2.05, 4.69) is 39.8 Å². The smallest absolute Gasteiger partial charge is 0.355 e. The van der Waals surface area contributed by atoms with Crippen LogP contribution in [0.2, 0.25) is 0 Å². The van der Waals surface area contributed by atoms with Crippen molar-refractivity contribution in [2.24, 2.45) is 17.9 Å². The van der Waals surface area contributed by atoms with Crippen molar-refractivity contribution >= 4 is 41.1 Å². The van der Waals surface area contributed by atoms with Gasteiger partial charge in [-0.15, -0.1) is 0 Å². The number of allylic oxidation sites excluding steroid dienone is 8. The molecule has 0 radical (unpaired) electrons. The minimum atomic E-state index is -1.04. The maximum absolute atomic E-state index is 13.0. The topological polar surface area (TPSA) is 148 Å². The third-order valence-electron chi connectivity index (χ3n) is 11.9. The summed E-state index contributed by atoms with van der Waals surface area (Å²) in [5.41, 5.74) is 4.40. The largest absolute Gasteiger partial charge is 0.457 e. The van der Waals surface area contributed by atoms with E-state index in [-0.39, 0.29) is 37.2 Å². The molecule has 336 valence electrons. The normalized spacial score (nSPS) is 25.3. The van der Waals surface area contributed by atoms with E-state index in [0.29, 0.717) is 11.3 Å². The molecular weight excluding hydrogens is 801 g/mol. The number of carbonyl (C=O) groups is 6. The Hall–Kier alpha value is -6.04. The molecule has 4 aliphatic rings. The zero-order valence-electron chi connectivity index (χ0n) is 38.1. The first-order chi connectivity index (χ1) is 29.8. The number of hydrogen-bond acceptors (Lipinski definition) is 11. The highest BCUT2D eigenvalue weighted by Gasteiger charge is 2.56. The summed E-state index contributed by atoms with van der Waals surface area (Å²) in [5.74, 6) is -2.04. The van der Waals surface area contributed by atoms with Gasteiger partial charge in [-0.3, -0.25) is 19.2 Å². The Morgan fingerprint density at radius 1 is 0.714 bits per heavy atom. The average molecular weight is 863 g/mol. The second-order valence-electron chi connectivity index (χ2n) is 17.8. The fourth-order valence-corrected chi connectivity index (χ4v) is 8.30. The van der Waals surface area contributed by atoms with Crippen LogP contribution in [-0.4, -0.2) is 78.5 Å². The number of carbonyl (C=O) groups excluding carboxylic acids is 6. The first-order valence-electron chi connectivity index (χ1n) is 21.6. The molecule has 2 aliphatic carbocycles. The molecule has 12 heteroatoms. The molecule has 63 heavy (non-hydrogen) atoms. The van der Waals surface area contributed by atoms with Crippen LogP contribution in [0, 0.1) is 10.8 Å². The molecule has 2 unspecified atom stereocenters. The Balaban J connectivity index is 0.000000239. The van der Waals surface area contributed by atoms with Gasteiger partial charge in [-0.1, -0.05) is 34.4 Å². The van der Waals surface area contributed by atoms with Gasteiger partial charge in [0.25, 0.3) is 0 Å². The Labute approximate surface area is 371 Å². The molecule has 2 saturated heterocycles. The third kappa shape index (κ3) is 12.1. The van der Waals surface area contributed by atoms with Gasteiger partial charge in [0.05, 0.1) is 29.2 Å². The summed E-state index contributed by atoms with van der Waals surface area (Å²) >= 11 is 0. The summed E-state index contributed by atoms with van der Waals surface area (Å²) in [6.45, 7) is 12.2. The number of nitrogens with zero attached hydrogens (tertiary/aromatic N) is 2. The highest BCUT2D eigenvalue weighted by atomic mass is 16.6. The number of cyclic esters (lactones) is 2. The summed E-state index contributed by atoms with van der Waals surface area (Å²) in [6.07, 6.45) is 17.2. The Kier molecular flexibility index (Phi) is 15.9. The van der Waals surface area contributed by atoms with Gasteiger partial charge >= 0.3 is 23.9 Å². The van der Waals surface area contributed by atoms with Gasteiger partial charge in [0.15, 0.2) is 11.6 Å². The molecule has 2 spiro atoms. The van der Waals surface area contributed by atoms with Crippen LogP contribution in [0.25, 0.3) is 0 Å². The van der Waals surface area contributed by atoms with Gasteiger partial charge in [-0.2, -0.15) is 0 Å². The van der Waals surface area contributed by atoms with Crippen molar-refractivity contribution in [2.75, 3.05) is 19.0 Å². The molecule has 0 bridgehead atoms. The average Bonchev–Trinajstić information content (AvgIpc) is 3.88. The van der Waals surface area contributed by atoms with E-state index in [4.69, 9.17) is 18.9 Å². The van der Waals surface area contributed by atoms with E-state index in [1.165, 1.54) is 23.3 Å². The van der Waals surface area contributed by atoms with E-state index in [9.17, 15) is 28.8 Å². The minimum absolute atomic E-state index is 0.00318. The van der Waals surface area contributed by atoms with Crippen LogP contribution in [0.5, 0.6) is 0 Å². The third-order valence-corrected chi connectivity index (χ3v) is 11.9. The Morgan fingerprint density at radius 3 is 1.59 bits per heavy atom. The van der Waals surface area contributed by atoms with Crippen LogP contribution in [0.4, 0.5) is 5.69 Å². The fraction of sp³-hybridized carbons (Fsp3) is 0.451. The van der Waals surface area contributed by atoms with Crippen LogP contribution in [0.3, 0.4) is 0 Å². The van der Waals surface area contributed by atoms with Crippen LogP contribution in [0.15, 0.2) is 113 Å². The van der Waals surface area contributed by atoms with Crippen molar-refractivity contribution < 1.29 is 47.7 Å². The highest BCUT2D eigenvalue weighted by molar-refractivity contribution is 6.01. The highest BCUT2D eigenvalue weighted by Crippen LogP contribution is 2.47. The van der Waals surface area contributed by atoms with Gasteiger partial charge in [0.1, 0.15) is 30.1 Å². The fourth-order valence-electron chi connectivity index (χ4n) is 8.30. The van der Waals surface area contributed by atoms with Crippen molar-refractivity contribution in [1.82, 2.24) is 4.57 Å². The molecule has 12 nitrogen and oxygen atoms in total. The van der Waals surface area contributed by atoms with Crippen LogP contribution < -0.4 is 4.90 Å². The minimum Gasteiger partial charge on any atom is -0.457 e. The van der Waals surface area contributed by atoms with Gasteiger partial charge in [0, 0.05) is 45.9 Å². The number of anilines is 1. The first-order valence-corrected chi connectivity index (χ1v) is 21.6. The molecule has 2 aromatic rings. The summed E-state index contributed by atoms with van der Waals surface area (Å²) in [6, 6.07) is 10.6. The number of benzene rings is 1. The summed E-state index contributed by atoms with van der Waals surface area (Å²) in [7, 11) is 5.62. The maximum atomic E-state index is 13.0. The lowest BCUT2D eigenvalue weighted by atomic mass is 9.69. The number of hydrogen-bond donors (Lipinski definition) is 0. The number of ether oxygens (including phenoxy) is 4. The number of rotatable bonds is 13. The van der Waals surface area contributed by atoms with Crippen molar-refractivity contribution in [2.45, 2.75) is 117 Å². The van der Waals surface area contributed by atoms with E-state index < -0.39 is 59.1 Å². The molecule has 1 aromatic carbocycles. The van der Waals surface area contributed by atoms with Crippen molar-refractivity contribution in [3.05, 3.63) is 125 Å². The standard InChI is InChI=1S/C27H33NO5.C24H29NO5/c1-18(2)7-6-8-19(3)15-24-27(17-25(30)33-24)16-22(13-14-23(27)29)32-26(31)20-9-11-21(12-10-20)28(4)5;1-16(2)7-5-8-17(3)13-21-24(15-22(27)30-21)14-18(10-11-20(24)26)29-23(28)19-9-6-12-25(19)4/h7,9-15,22,24H,6,8,16-17H2,1-5H3;6-7,9-13,18,21H,5,8,14-15H2,1-4H3/b19-15+;17-13+/t22-,24-,27?;18-,21-,24?/m11/s1. The molecule has 2 aliphatic heterocycles. The molecule has 0 saturated carbocycles. The zero-order valence-corrected chi connectivity index (χ0v) is 38.1. The van der Waals surface area contributed by atoms with E-state index in [0.717, 1.165) is 42.5 Å². The van der Waals surface area contributed by atoms with E-state index >= 15 is 0 Å². The van der Waals surface area contributed by atoms with Gasteiger partial charge in [0.2, 0.25) is 0 Å². The number of aryl methyl sites for hydroxylation is 1. The van der Waals surface area contributed by atoms with Crippen molar-refractivity contribution in [3.63, 3.8) is 0 Å². The lowest BCUT2D eigenvalue weighted by Gasteiger charge is -2.34. The Bertz CT molecular complexity index is 2240. The van der Waals surface area contributed by atoms with Gasteiger partial charge < -0.3 is 28.4 Å². The monoisotopic (exact) mass is 862 g/mol. The van der Waals surface area contributed by atoms with E-state index in [1.807, 2.05) is 57.1 Å². The maximum Gasteiger partial charge on any atom is 0.355 e. The summed E-state index contributed by atoms with van der Waals surface area (Å²) in [4.78, 5) is 77.4. The molecule has 1 aromatic heterocycles. The zero-order chi connectivity index (χ0) is 46.1. The molecule has 0 amide bonds. The number of esters is 4. The molecule has 3 heterocycles. The SMILES string of the molecule is CC(C)=CCC/C(C)=C/[C@H]1OC(=O)CC12C[C@H](OC(=O)c1ccc(N(C)C)cc1)C=CC2=O.CC(C)=CCC/C(C)=C/[C@H]1OC(=O)CC12C[C@H](OC(=O)c1cccn1C)C=CC2=O. The number of ketones is 2. The van der Waals surface area contributed by atoms with E-state index in [1.54, 1.807) is 54.2 Å². The molecule has 6 atom stereocenters. The molecular formula is C51H62N2O10. The first kappa shape index (κ1) is 48.0. The van der Waals surface area contributed by atoms with Crippen molar-refractivity contribution in [3.8, 4) is 0 Å². The van der Waals surface area contributed by atoms with Crippen LogP contribution in [-0.2, 0) is 45.2 Å². The quantitative estimate of drug-likeness (QED) is 0.108. The summed E-state index contributed by atoms with van der Waals surface area (Å²) < 4.78 is 24.1. The predicted octanol–water partition coefficient (Wildman–Crippen LogP) is 8.88. The predicted molar refractivity (Wildman–Crippen MR) is 241 cm³/mol. The second-order valence-corrected chi connectivity index (χ2v) is 17.8. The lowest BCUT2D eigenvalue weighted by molar-refractivity contribution is -0.141. The Morgan fingerprint density at radius 2 is 1.17 bits per heavy atom. The number of aromatic nitrogens is 1. The van der Waals surface area contributed by atoms with Crippen molar-refractivity contribution in [1.29, 1.82) is 0 Å². The summed E-state index contributed by atoms with van der Waals surface area (Å²) in [5, 5.41) is 0. The molecule has 2 fully saturated rings. The second kappa shape index (κ2) is 20.9. The van der Waals surface area contributed by atoms with Crippen LogP contribution >= 0.6 is 0 Å². The lowest BCUT2D eigenvalue weighted by Crippen LogP contribution is -2.43. The molecule has 6 rings (SSSR count).